The Kier molecular flexibility index (Phi) is 3.79. The highest BCUT2D eigenvalue weighted by Gasteiger charge is 2.29. The Morgan fingerprint density at radius 2 is 2.12 bits per heavy atom. The first-order chi connectivity index (χ1) is 8.20. The third-order valence-electron chi connectivity index (χ3n) is 3.29. The van der Waals surface area contributed by atoms with Crippen LogP contribution < -0.4 is 0 Å². The number of carbonyl (C=O) groups is 1. The van der Waals surface area contributed by atoms with Gasteiger partial charge in [0.15, 0.2) is 0 Å². The van der Waals surface area contributed by atoms with E-state index in [0.29, 0.717) is 18.9 Å². The summed E-state index contributed by atoms with van der Waals surface area (Å²) in [6.45, 7) is 2.13. The monoisotopic (exact) mass is 234 g/mol. The first-order valence-electron chi connectivity index (χ1n) is 6.12. The van der Waals surface area contributed by atoms with Gasteiger partial charge in [0.05, 0.1) is 6.10 Å². The van der Waals surface area contributed by atoms with Gasteiger partial charge in [-0.1, -0.05) is 31.2 Å². The predicted octanol–water partition coefficient (Wildman–Crippen LogP) is 2.38. The van der Waals surface area contributed by atoms with Gasteiger partial charge in [-0.25, -0.2) is 0 Å². The summed E-state index contributed by atoms with van der Waals surface area (Å²) in [7, 11) is 0. The van der Waals surface area contributed by atoms with Crippen molar-refractivity contribution in [1.82, 2.24) is 0 Å². The molecule has 17 heavy (non-hydrogen) atoms. The van der Waals surface area contributed by atoms with Crippen LogP contribution in [0.5, 0.6) is 0 Å². The SMILES string of the molecule is CCC(=O)OCc1ccccc1C1CC(O)C1. The van der Waals surface area contributed by atoms with Gasteiger partial charge < -0.3 is 9.84 Å². The van der Waals surface area contributed by atoms with Crippen LogP contribution >= 0.6 is 0 Å². The van der Waals surface area contributed by atoms with Crippen LogP contribution in [0.4, 0.5) is 0 Å². The maximum absolute atomic E-state index is 11.1. The van der Waals surface area contributed by atoms with E-state index in [0.717, 1.165) is 18.4 Å². The zero-order valence-electron chi connectivity index (χ0n) is 10.1. The Morgan fingerprint density at radius 1 is 1.41 bits per heavy atom. The molecule has 0 aliphatic heterocycles. The molecule has 1 aromatic carbocycles. The summed E-state index contributed by atoms with van der Waals surface area (Å²) < 4.78 is 5.16. The highest BCUT2D eigenvalue weighted by atomic mass is 16.5. The standard InChI is InChI=1S/C14H18O3/c1-2-14(16)17-9-10-5-3-4-6-13(10)11-7-12(15)8-11/h3-6,11-12,15H,2,7-9H2,1H3. The van der Waals surface area contributed by atoms with Gasteiger partial charge in [-0.15, -0.1) is 0 Å². The lowest BCUT2D eigenvalue weighted by atomic mass is 9.76. The smallest absolute Gasteiger partial charge is 0.305 e. The molecule has 1 aliphatic rings. The Morgan fingerprint density at radius 3 is 2.76 bits per heavy atom. The van der Waals surface area contributed by atoms with Crippen molar-refractivity contribution >= 4 is 5.97 Å². The van der Waals surface area contributed by atoms with Gasteiger partial charge in [0.25, 0.3) is 0 Å². The number of aliphatic hydroxyl groups excluding tert-OH is 1. The average Bonchev–Trinajstić information content (AvgIpc) is 2.32. The average molecular weight is 234 g/mol. The first-order valence-corrected chi connectivity index (χ1v) is 6.12. The fourth-order valence-electron chi connectivity index (χ4n) is 2.17. The molecular weight excluding hydrogens is 216 g/mol. The minimum atomic E-state index is -0.173. The Labute approximate surface area is 101 Å². The minimum absolute atomic E-state index is 0.161. The lowest BCUT2D eigenvalue weighted by molar-refractivity contribution is -0.144. The zero-order valence-corrected chi connectivity index (χ0v) is 10.1. The molecule has 1 N–H and O–H groups in total. The van der Waals surface area contributed by atoms with Crippen LogP contribution in [-0.2, 0) is 16.1 Å². The number of ether oxygens (including phenoxy) is 1. The van der Waals surface area contributed by atoms with E-state index in [4.69, 9.17) is 4.74 Å². The van der Waals surface area contributed by atoms with Gasteiger partial charge in [-0.2, -0.15) is 0 Å². The van der Waals surface area contributed by atoms with E-state index in [1.165, 1.54) is 5.56 Å². The molecular formula is C14H18O3. The molecule has 0 spiro atoms. The van der Waals surface area contributed by atoms with Gasteiger partial charge in [-0.3, -0.25) is 4.79 Å². The van der Waals surface area contributed by atoms with E-state index < -0.39 is 0 Å². The van der Waals surface area contributed by atoms with E-state index in [1.54, 1.807) is 6.92 Å². The summed E-state index contributed by atoms with van der Waals surface area (Å²) >= 11 is 0. The lowest BCUT2D eigenvalue weighted by Crippen LogP contribution is -2.27. The van der Waals surface area contributed by atoms with Gasteiger partial charge in [0.1, 0.15) is 6.61 Å². The molecule has 0 aromatic heterocycles. The van der Waals surface area contributed by atoms with Crippen LogP contribution in [0.1, 0.15) is 43.2 Å². The summed E-state index contributed by atoms with van der Waals surface area (Å²) in [5, 5.41) is 9.34. The fourth-order valence-corrected chi connectivity index (χ4v) is 2.17. The van der Waals surface area contributed by atoms with Gasteiger partial charge in [0, 0.05) is 6.42 Å². The van der Waals surface area contributed by atoms with Crippen molar-refractivity contribution in [3.63, 3.8) is 0 Å². The Hall–Kier alpha value is -1.35. The van der Waals surface area contributed by atoms with Crippen LogP contribution in [0.2, 0.25) is 0 Å². The molecule has 3 heteroatoms. The highest BCUT2D eigenvalue weighted by molar-refractivity contribution is 5.68. The molecule has 92 valence electrons. The molecule has 1 aromatic rings. The number of esters is 1. The van der Waals surface area contributed by atoms with Crippen molar-refractivity contribution in [2.45, 2.75) is 44.8 Å². The zero-order chi connectivity index (χ0) is 12.3. The molecule has 0 unspecified atom stereocenters. The normalized spacial score (nSPS) is 22.9. The topological polar surface area (TPSA) is 46.5 Å². The lowest BCUT2D eigenvalue weighted by Gasteiger charge is -2.33. The summed E-state index contributed by atoms with van der Waals surface area (Å²) in [6, 6.07) is 7.99. The van der Waals surface area contributed by atoms with Gasteiger partial charge in [0.2, 0.25) is 0 Å². The van der Waals surface area contributed by atoms with E-state index in [-0.39, 0.29) is 12.1 Å². The van der Waals surface area contributed by atoms with Gasteiger partial charge >= 0.3 is 5.97 Å². The van der Waals surface area contributed by atoms with E-state index in [2.05, 4.69) is 6.07 Å². The summed E-state index contributed by atoms with van der Waals surface area (Å²) in [5.74, 6) is 0.245. The first kappa shape index (κ1) is 12.1. The predicted molar refractivity (Wildman–Crippen MR) is 64.5 cm³/mol. The molecule has 0 saturated heterocycles. The highest BCUT2D eigenvalue weighted by Crippen LogP contribution is 2.38. The van der Waals surface area contributed by atoms with Crippen molar-refractivity contribution in [2.75, 3.05) is 0 Å². The van der Waals surface area contributed by atoms with Crippen LogP contribution in [0.25, 0.3) is 0 Å². The molecule has 3 nitrogen and oxygen atoms in total. The quantitative estimate of drug-likeness (QED) is 0.814. The fraction of sp³-hybridized carbons (Fsp3) is 0.500. The summed E-state index contributed by atoms with van der Waals surface area (Å²) in [6.07, 6.45) is 1.88. The molecule has 0 bridgehead atoms. The molecule has 0 radical (unpaired) electrons. The largest absolute Gasteiger partial charge is 0.461 e. The van der Waals surface area contributed by atoms with Crippen molar-refractivity contribution in [1.29, 1.82) is 0 Å². The van der Waals surface area contributed by atoms with Gasteiger partial charge in [-0.05, 0) is 29.9 Å². The second-order valence-corrected chi connectivity index (χ2v) is 4.54. The van der Waals surface area contributed by atoms with Crippen LogP contribution in [0, 0.1) is 0 Å². The number of rotatable bonds is 4. The van der Waals surface area contributed by atoms with Crippen molar-refractivity contribution in [2.24, 2.45) is 0 Å². The van der Waals surface area contributed by atoms with Crippen molar-refractivity contribution < 1.29 is 14.6 Å². The maximum Gasteiger partial charge on any atom is 0.305 e. The molecule has 2 rings (SSSR count). The maximum atomic E-state index is 11.1. The molecule has 1 saturated carbocycles. The van der Waals surface area contributed by atoms with E-state index >= 15 is 0 Å². The number of carbonyl (C=O) groups excluding carboxylic acids is 1. The minimum Gasteiger partial charge on any atom is -0.461 e. The molecule has 0 atom stereocenters. The number of aliphatic hydroxyl groups is 1. The van der Waals surface area contributed by atoms with Crippen LogP contribution in [0.15, 0.2) is 24.3 Å². The van der Waals surface area contributed by atoms with E-state index in [1.807, 2.05) is 18.2 Å². The molecule has 1 fully saturated rings. The van der Waals surface area contributed by atoms with Crippen LogP contribution in [0.3, 0.4) is 0 Å². The second kappa shape index (κ2) is 5.32. The van der Waals surface area contributed by atoms with Crippen molar-refractivity contribution in [3.05, 3.63) is 35.4 Å². The number of hydrogen-bond acceptors (Lipinski definition) is 3. The molecule has 1 aliphatic carbocycles. The Bertz CT molecular complexity index is 394. The Balaban J connectivity index is 2.03. The number of hydrogen-bond donors (Lipinski definition) is 1. The summed E-state index contributed by atoms with van der Waals surface area (Å²) in [5.41, 5.74) is 2.27. The van der Waals surface area contributed by atoms with Crippen LogP contribution in [-0.4, -0.2) is 17.2 Å². The second-order valence-electron chi connectivity index (χ2n) is 4.54. The van der Waals surface area contributed by atoms with Crippen molar-refractivity contribution in [3.8, 4) is 0 Å². The molecule has 0 amide bonds. The number of benzene rings is 1. The summed E-state index contributed by atoms with van der Waals surface area (Å²) in [4.78, 5) is 11.1. The molecule has 0 heterocycles. The third kappa shape index (κ3) is 2.86. The third-order valence-corrected chi connectivity index (χ3v) is 3.29. The van der Waals surface area contributed by atoms with E-state index in [9.17, 15) is 9.90 Å².